The Morgan fingerprint density at radius 3 is 2.04 bits per heavy atom. The highest BCUT2D eigenvalue weighted by Crippen LogP contribution is 2.26. The van der Waals surface area contributed by atoms with Crippen LogP contribution in [0.4, 0.5) is 0 Å². The average Bonchev–Trinajstić information content (AvgIpc) is 2.59. The molecule has 0 unspecified atom stereocenters. The highest BCUT2D eigenvalue weighted by Gasteiger charge is 2.21. The van der Waals surface area contributed by atoms with Crippen LogP contribution in [0.25, 0.3) is 21.7 Å². The van der Waals surface area contributed by atoms with Gasteiger partial charge in [-0.2, -0.15) is 0 Å². The largest absolute Gasteiger partial charge is 0.465 e. The molecule has 3 aromatic rings. The molecule has 23 heavy (non-hydrogen) atoms. The van der Waals surface area contributed by atoms with Crippen molar-refractivity contribution in [3.05, 3.63) is 57.9 Å². The van der Waals surface area contributed by atoms with Crippen molar-refractivity contribution in [1.29, 1.82) is 0 Å². The lowest BCUT2D eigenvalue weighted by Crippen LogP contribution is -2.13. The molecular formula is C17H12O6. The second-order valence-electron chi connectivity index (χ2n) is 4.81. The molecule has 0 radical (unpaired) electrons. The Morgan fingerprint density at radius 2 is 1.43 bits per heavy atom. The molecule has 0 fully saturated rings. The van der Waals surface area contributed by atoms with Crippen LogP contribution in [0.5, 0.6) is 0 Å². The Labute approximate surface area is 130 Å². The predicted octanol–water partition coefficient (Wildman–Crippen LogP) is 2.52. The van der Waals surface area contributed by atoms with Gasteiger partial charge in [-0.1, -0.05) is 18.2 Å². The molecule has 2 aromatic carbocycles. The molecule has 0 atom stereocenters. The van der Waals surface area contributed by atoms with Gasteiger partial charge in [-0.15, -0.1) is 0 Å². The maximum Gasteiger partial charge on any atom is 0.344 e. The van der Waals surface area contributed by atoms with Gasteiger partial charge < -0.3 is 13.9 Å². The number of ether oxygens (including phenoxy) is 2. The van der Waals surface area contributed by atoms with E-state index in [1.54, 1.807) is 24.3 Å². The van der Waals surface area contributed by atoms with Crippen LogP contribution in [0, 0.1) is 0 Å². The van der Waals surface area contributed by atoms with E-state index in [0.717, 1.165) is 0 Å². The first-order chi connectivity index (χ1) is 11.1. The second-order valence-corrected chi connectivity index (χ2v) is 4.81. The number of fused-ring (bicyclic) bond motifs is 3. The topological polar surface area (TPSA) is 82.8 Å². The monoisotopic (exact) mass is 312 g/mol. The minimum Gasteiger partial charge on any atom is -0.465 e. The maximum absolute atomic E-state index is 12.2. The number of hydrogen-bond acceptors (Lipinski definition) is 6. The van der Waals surface area contributed by atoms with E-state index in [0.29, 0.717) is 16.4 Å². The van der Waals surface area contributed by atoms with Crippen LogP contribution in [0.3, 0.4) is 0 Å². The lowest BCUT2D eigenvalue weighted by Gasteiger charge is -2.09. The summed E-state index contributed by atoms with van der Waals surface area (Å²) in [5.74, 6) is -1.43. The van der Waals surface area contributed by atoms with Gasteiger partial charge in [0.1, 0.15) is 5.58 Å². The molecule has 6 heteroatoms. The van der Waals surface area contributed by atoms with Gasteiger partial charge in [0, 0.05) is 10.8 Å². The SMILES string of the molecule is COC(=O)c1cc2c(=O)oc3ccccc3c2cc1C(=O)OC. The molecule has 1 heterocycles. The maximum atomic E-state index is 12.2. The van der Waals surface area contributed by atoms with E-state index in [-0.39, 0.29) is 16.5 Å². The van der Waals surface area contributed by atoms with Gasteiger partial charge in [0.15, 0.2) is 0 Å². The number of rotatable bonds is 2. The number of hydrogen-bond donors (Lipinski definition) is 0. The third kappa shape index (κ3) is 2.34. The van der Waals surface area contributed by atoms with Crippen LogP contribution in [-0.4, -0.2) is 26.2 Å². The van der Waals surface area contributed by atoms with Gasteiger partial charge in [-0.25, -0.2) is 14.4 Å². The fraction of sp³-hybridized carbons (Fsp3) is 0.118. The zero-order chi connectivity index (χ0) is 16.6. The molecule has 116 valence electrons. The van der Waals surface area contributed by atoms with E-state index in [2.05, 4.69) is 4.74 Å². The van der Waals surface area contributed by atoms with E-state index in [9.17, 15) is 14.4 Å². The summed E-state index contributed by atoms with van der Waals surface area (Å²) >= 11 is 0. The Balaban J connectivity index is 2.49. The van der Waals surface area contributed by atoms with Crippen molar-refractivity contribution in [2.75, 3.05) is 14.2 Å². The number of methoxy groups -OCH3 is 2. The first kappa shape index (κ1) is 14.8. The summed E-state index contributed by atoms with van der Waals surface area (Å²) in [6, 6.07) is 9.69. The summed E-state index contributed by atoms with van der Waals surface area (Å²) in [6.07, 6.45) is 0. The molecule has 0 spiro atoms. The van der Waals surface area contributed by atoms with E-state index < -0.39 is 17.6 Å². The molecule has 6 nitrogen and oxygen atoms in total. The summed E-state index contributed by atoms with van der Waals surface area (Å²) in [5, 5.41) is 1.35. The highest BCUT2D eigenvalue weighted by molar-refractivity contribution is 6.12. The Hall–Kier alpha value is -3.15. The van der Waals surface area contributed by atoms with E-state index in [1.807, 2.05) is 0 Å². The first-order valence-corrected chi connectivity index (χ1v) is 6.73. The Bertz CT molecular complexity index is 999. The van der Waals surface area contributed by atoms with Gasteiger partial charge in [-0.05, 0) is 18.2 Å². The summed E-state index contributed by atoms with van der Waals surface area (Å²) in [7, 11) is 2.40. The number of carbonyl (C=O) groups excluding carboxylic acids is 2. The summed E-state index contributed by atoms with van der Waals surface area (Å²) in [6.45, 7) is 0. The summed E-state index contributed by atoms with van der Waals surface area (Å²) < 4.78 is 14.6. The highest BCUT2D eigenvalue weighted by atomic mass is 16.5. The fourth-order valence-electron chi connectivity index (χ4n) is 2.48. The molecule has 0 saturated carbocycles. The number of benzene rings is 2. The molecule has 0 aliphatic heterocycles. The molecule has 0 N–H and O–H groups in total. The summed E-state index contributed by atoms with van der Waals surface area (Å²) in [5.41, 5.74) is -0.219. The van der Waals surface area contributed by atoms with Crippen molar-refractivity contribution in [3.8, 4) is 0 Å². The number of para-hydroxylation sites is 1. The van der Waals surface area contributed by atoms with Gasteiger partial charge >= 0.3 is 17.6 Å². The van der Waals surface area contributed by atoms with Gasteiger partial charge in [-0.3, -0.25) is 0 Å². The van der Waals surface area contributed by atoms with Crippen molar-refractivity contribution in [3.63, 3.8) is 0 Å². The standard InChI is InChI=1S/C17H12O6/c1-21-15(18)12-7-10-9-5-3-4-6-14(9)23-17(20)11(10)8-13(12)16(19)22-2/h3-8H,1-2H3. The zero-order valence-corrected chi connectivity index (χ0v) is 12.4. The van der Waals surface area contributed by atoms with Crippen LogP contribution >= 0.6 is 0 Å². The number of carbonyl (C=O) groups is 2. The Kier molecular flexibility index (Phi) is 3.57. The average molecular weight is 312 g/mol. The van der Waals surface area contributed by atoms with Gasteiger partial charge in [0.2, 0.25) is 0 Å². The first-order valence-electron chi connectivity index (χ1n) is 6.73. The lowest BCUT2D eigenvalue weighted by atomic mass is 9.99. The Morgan fingerprint density at radius 1 is 0.870 bits per heavy atom. The van der Waals surface area contributed by atoms with E-state index in [1.165, 1.54) is 26.4 Å². The zero-order valence-electron chi connectivity index (χ0n) is 12.4. The van der Waals surface area contributed by atoms with Gasteiger partial charge in [0.25, 0.3) is 0 Å². The third-order valence-electron chi connectivity index (χ3n) is 3.57. The quantitative estimate of drug-likeness (QED) is 0.411. The molecule has 0 bridgehead atoms. The van der Waals surface area contributed by atoms with Gasteiger partial charge in [0.05, 0.1) is 30.7 Å². The number of esters is 2. The lowest BCUT2D eigenvalue weighted by molar-refractivity contribution is 0.0555. The minimum absolute atomic E-state index is 0.0302. The van der Waals surface area contributed by atoms with Crippen molar-refractivity contribution >= 4 is 33.7 Å². The minimum atomic E-state index is -0.736. The van der Waals surface area contributed by atoms with Crippen LogP contribution in [0.1, 0.15) is 20.7 Å². The second kappa shape index (κ2) is 5.57. The molecule has 0 aliphatic rings. The van der Waals surface area contributed by atoms with Crippen molar-refractivity contribution in [2.45, 2.75) is 0 Å². The molecule has 1 aromatic heterocycles. The molecule has 0 amide bonds. The molecular weight excluding hydrogens is 300 g/mol. The summed E-state index contributed by atoms with van der Waals surface area (Å²) in [4.78, 5) is 36.1. The van der Waals surface area contributed by atoms with Crippen molar-refractivity contribution in [2.24, 2.45) is 0 Å². The van der Waals surface area contributed by atoms with Crippen LogP contribution in [0.15, 0.2) is 45.6 Å². The fourth-order valence-corrected chi connectivity index (χ4v) is 2.48. The molecule has 0 aliphatic carbocycles. The van der Waals surface area contributed by atoms with Crippen LogP contribution < -0.4 is 5.63 Å². The van der Waals surface area contributed by atoms with E-state index in [4.69, 9.17) is 9.15 Å². The third-order valence-corrected chi connectivity index (χ3v) is 3.57. The normalized spacial score (nSPS) is 10.7. The predicted molar refractivity (Wildman–Crippen MR) is 82.7 cm³/mol. The van der Waals surface area contributed by atoms with Crippen LogP contribution in [0.2, 0.25) is 0 Å². The van der Waals surface area contributed by atoms with E-state index >= 15 is 0 Å². The van der Waals surface area contributed by atoms with Crippen molar-refractivity contribution in [1.82, 2.24) is 0 Å². The smallest absolute Gasteiger partial charge is 0.344 e. The van der Waals surface area contributed by atoms with Crippen molar-refractivity contribution < 1.29 is 23.5 Å². The molecule has 0 saturated heterocycles. The van der Waals surface area contributed by atoms with Crippen LogP contribution in [-0.2, 0) is 9.47 Å². The molecule has 3 rings (SSSR count).